The normalized spacial score (nSPS) is 11.7. The molecule has 0 atom stereocenters. The highest BCUT2D eigenvalue weighted by Crippen LogP contribution is 2.24. The minimum Gasteiger partial charge on any atom is -0.409 e. The fourth-order valence-corrected chi connectivity index (χ4v) is 1.91. The van der Waals surface area contributed by atoms with Crippen molar-refractivity contribution < 1.29 is 5.21 Å². The zero-order valence-electron chi connectivity index (χ0n) is 8.85. The predicted molar refractivity (Wildman–Crippen MR) is 59.7 cm³/mol. The van der Waals surface area contributed by atoms with E-state index in [0.717, 1.165) is 0 Å². The second-order valence-corrected chi connectivity index (χ2v) is 3.92. The Morgan fingerprint density at radius 3 is 2.82 bits per heavy atom. The summed E-state index contributed by atoms with van der Waals surface area (Å²) in [5.74, 6) is -0.0947. The molecule has 0 aromatic carbocycles. The molecule has 9 heteroatoms. The van der Waals surface area contributed by atoms with Gasteiger partial charge in [0.1, 0.15) is 17.0 Å². The summed E-state index contributed by atoms with van der Waals surface area (Å²) in [6.45, 7) is 0. The summed E-state index contributed by atoms with van der Waals surface area (Å²) < 4.78 is 1.59. The molecular weight excluding hydrogens is 242 g/mol. The van der Waals surface area contributed by atoms with E-state index >= 15 is 0 Å². The first-order valence-corrected chi connectivity index (χ1v) is 5.34. The Hall–Kier alpha value is -2.16. The molecule has 17 heavy (non-hydrogen) atoms. The largest absolute Gasteiger partial charge is 0.409 e. The van der Waals surface area contributed by atoms with E-state index in [1.54, 1.807) is 11.7 Å². The molecule has 0 radical (unpaired) electrons. The van der Waals surface area contributed by atoms with Crippen LogP contribution >= 0.6 is 11.8 Å². The minimum absolute atomic E-state index is 0.0947. The summed E-state index contributed by atoms with van der Waals surface area (Å²) in [6, 6.07) is 0. The van der Waals surface area contributed by atoms with Crippen LogP contribution in [0.15, 0.2) is 34.1 Å². The lowest BCUT2D eigenvalue weighted by Gasteiger charge is -2.04. The molecule has 0 spiro atoms. The summed E-state index contributed by atoms with van der Waals surface area (Å²) in [6.07, 6.45) is 4.42. The molecule has 0 aliphatic rings. The lowest BCUT2D eigenvalue weighted by Crippen LogP contribution is -2.16. The number of amidine groups is 1. The number of rotatable bonds is 3. The van der Waals surface area contributed by atoms with Crippen LogP contribution in [0.5, 0.6) is 0 Å². The summed E-state index contributed by atoms with van der Waals surface area (Å²) in [5.41, 5.74) is 5.81. The van der Waals surface area contributed by atoms with Crippen LogP contribution in [0.2, 0.25) is 0 Å². The Morgan fingerprint density at radius 2 is 2.18 bits per heavy atom. The van der Waals surface area contributed by atoms with E-state index in [1.807, 2.05) is 0 Å². The fourth-order valence-electron chi connectivity index (χ4n) is 1.09. The Bertz CT molecular complexity index is 552. The van der Waals surface area contributed by atoms with Crippen LogP contribution < -0.4 is 5.73 Å². The second-order valence-electron chi connectivity index (χ2n) is 2.96. The molecule has 0 saturated heterocycles. The molecule has 0 unspecified atom stereocenters. The predicted octanol–water partition coefficient (Wildman–Crippen LogP) is -0.149. The van der Waals surface area contributed by atoms with Crippen LogP contribution in [0, 0.1) is 0 Å². The molecule has 0 aliphatic heterocycles. The van der Waals surface area contributed by atoms with Gasteiger partial charge in [-0.05, 0) is 11.8 Å². The topological polar surface area (TPSA) is 115 Å². The maximum atomic E-state index is 8.65. The zero-order chi connectivity index (χ0) is 12.3. The fraction of sp³-hybridized carbons (Fsp3) is 0.125. The highest BCUT2D eigenvalue weighted by Gasteiger charge is 2.13. The summed E-state index contributed by atoms with van der Waals surface area (Å²) in [4.78, 5) is 12.2. The third-order valence-corrected chi connectivity index (χ3v) is 2.92. The molecule has 0 amide bonds. The first-order valence-electron chi connectivity index (χ1n) is 4.53. The molecule has 2 rings (SSSR count). The van der Waals surface area contributed by atoms with Crippen LogP contribution in [-0.2, 0) is 7.05 Å². The molecule has 2 aromatic rings. The number of nitrogens with two attached hydrogens (primary N) is 1. The quantitative estimate of drug-likeness (QED) is 0.337. The number of hydrogen-bond donors (Lipinski definition) is 2. The van der Waals surface area contributed by atoms with Gasteiger partial charge in [-0.25, -0.2) is 19.6 Å². The van der Waals surface area contributed by atoms with Gasteiger partial charge in [-0.15, -0.1) is 0 Å². The molecule has 0 bridgehead atoms. The number of oxime groups is 1. The minimum atomic E-state index is -0.0947. The van der Waals surface area contributed by atoms with Crippen LogP contribution in [-0.4, -0.2) is 35.8 Å². The first-order chi connectivity index (χ1) is 8.22. The molecule has 2 aromatic heterocycles. The monoisotopic (exact) mass is 251 g/mol. The molecule has 0 fully saturated rings. The van der Waals surface area contributed by atoms with Crippen molar-refractivity contribution >= 4 is 17.6 Å². The van der Waals surface area contributed by atoms with Gasteiger partial charge in [0.25, 0.3) is 0 Å². The van der Waals surface area contributed by atoms with Crippen molar-refractivity contribution in [1.29, 1.82) is 0 Å². The number of hydrogen-bond acceptors (Lipinski definition) is 7. The lowest BCUT2D eigenvalue weighted by molar-refractivity contribution is 0.318. The third kappa shape index (κ3) is 2.33. The van der Waals surface area contributed by atoms with Crippen LogP contribution in [0.1, 0.15) is 5.69 Å². The average Bonchev–Trinajstić information content (AvgIpc) is 2.75. The van der Waals surface area contributed by atoms with Gasteiger partial charge in [0.15, 0.2) is 11.0 Å². The van der Waals surface area contributed by atoms with Crippen molar-refractivity contribution in [3.8, 4) is 0 Å². The number of aryl methyl sites for hydroxylation is 1. The van der Waals surface area contributed by atoms with Crippen molar-refractivity contribution in [1.82, 2.24) is 24.7 Å². The second kappa shape index (κ2) is 4.78. The summed E-state index contributed by atoms with van der Waals surface area (Å²) in [5, 5.41) is 16.6. The van der Waals surface area contributed by atoms with E-state index in [1.165, 1.54) is 30.5 Å². The van der Waals surface area contributed by atoms with Crippen LogP contribution in [0.3, 0.4) is 0 Å². The maximum Gasteiger partial charge on any atom is 0.192 e. The molecule has 0 aliphatic carbocycles. The van der Waals surface area contributed by atoms with Crippen LogP contribution in [0.4, 0.5) is 0 Å². The maximum absolute atomic E-state index is 8.65. The molecule has 2 heterocycles. The van der Waals surface area contributed by atoms with E-state index in [4.69, 9.17) is 10.9 Å². The smallest absolute Gasteiger partial charge is 0.192 e. The van der Waals surface area contributed by atoms with E-state index < -0.39 is 0 Å². The first kappa shape index (κ1) is 11.3. The Balaban J connectivity index is 2.36. The SMILES string of the molecule is Cn1ncnc1Sc1nccnc1C(N)=NO. The van der Waals surface area contributed by atoms with Gasteiger partial charge in [0.2, 0.25) is 0 Å². The van der Waals surface area contributed by atoms with Gasteiger partial charge in [-0.2, -0.15) is 5.10 Å². The van der Waals surface area contributed by atoms with Gasteiger partial charge in [-0.1, -0.05) is 5.16 Å². The molecule has 8 nitrogen and oxygen atoms in total. The number of aromatic nitrogens is 5. The molecule has 0 saturated carbocycles. The van der Waals surface area contributed by atoms with Gasteiger partial charge in [-0.3, -0.25) is 0 Å². The lowest BCUT2D eigenvalue weighted by atomic mass is 10.4. The van der Waals surface area contributed by atoms with E-state index in [2.05, 4.69) is 25.2 Å². The Kier molecular flexibility index (Phi) is 3.19. The summed E-state index contributed by atoms with van der Waals surface area (Å²) >= 11 is 1.23. The van der Waals surface area contributed by atoms with Gasteiger partial charge >= 0.3 is 0 Å². The van der Waals surface area contributed by atoms with Crippen molar-refractivity contribution in [2.75, 3.05) is 0 Å². The van der Waals surface area contributed by atoms with Crippen molar-refractivity contribution in [2.45, 2.75) is 10.2 Å². The zero-order valence-corrected chi connectivity index (χ0v) is 9.66. The molecular formula is C8H9N7OS. The van der Waals surface area contributed by atoms with Gasteiger partial charge in [0.05, 0.1) is 0 Å². The number of nitrogens with zero attached hydrogens (tertiary/aromatic N) is 6. The highest BCUT2D eigenvalue weighted by molar-refractivity contribution is 7.99. The van der Waals surface area contributed by atoms with Crippen molar-refractivity contribution in [3.05, 3.63) is 24.4 Å². The summed E-state index contributed by atoms with van der Waals surface area (Å²) in [7, 11) is 1.76. The van der Waals surface area contributed by atoms with E-state index in [0.29, 0.717) is 15.9 Å². The average molecular weight is 251 g/mol. The third-order valence-electron chi connectivity index (χ3n) is 1.87. The van der Waals surface area contributed by atoms with Crippen molar-refractivity contribution in [3.63, 3.8) is 0 Å². The highest BCUT2D eigenvalue weighted by atomic mass is 32.2. The van der Waals surface area contributed by atoms with E-state index in [9.17, 15) is 0 Å². The molecule has 3 N–H and O–H groups in total. The van der Waals surface area contributed by atoms with Gasteiger partial charge in [0, 0.05) is 19.4 Å². The van der Waals surface area contributed by atoms with Crippen molar-refractivity contribution in [2.24, 2.45) is 17.9 Å². The molecule has 88 valence electrons. The Morgan fingerprint density at radius 1 is 1.41 bits per heavy atom. The Labute approximate surface area is 101 Å². The van der Waals surface area contributed by atoms with E-state index in [-0.39, 0.29) is 5.84 Å². The van der Waals surface area contributed by atoms with Crippen LogP contribution in [0.25, 0.3) is 0 Å². The standard InChI is InChI=1S/C8H9N7OS/c1-15-8(12-4-13-15)17-7-5(6(9)14-16)10-2-3-11-7/h2-4,16H,1H3,(H2,9,14). The van der Waals surface area contributed by atoms with Gasteiger partial charge < -0.3 is 10.9 Å².